The minimum Gasteiger partial charge on any atom is -0.380 e. The molecule has 1 aromatic rings. The lowest BCUT2D eigenvalue weighted by molar-refractivity contribution is -0.141. The monoisotopic (exact) mass is 404 g/mol. The molecular weight excluding hydrogens is 372 g/mol. The number of likely N-dealkylation sites (tertiary alicyclic amines) is 3. The Balaban J connectivity index is 1.60. The van der Waals surface area contributed by atoms with Crippen molar-refractivity contribution >= 4 is 11.8 Å². The number of methoxy groups -OCH3 is 1. The van der Waals surface area contributed by atoms with E-state index < -0.39 is 5.41 Å². The summed E-state index contributed by atoms with van der Waals surface area (Å²) in [5, 5.41) is 4.01. The zero-order valence-electron chi connectivity index (χ0n) is 17.9. The number of carbonyl (C=O) groups is 2. The van der Waals surface area contributed by atoms with Gasteiger partial charge in [0.2, 0.25) is 5.91 Å². The molecule has 4 rings (SSSR count). The molecular formula is C21H32N4O4. The molecule has 0 saturated carbocycles. The van der Waals surface area contributed by atoms with Gasteiger partial charge < -0.3 is 19.1 Å². The van der Waals surface area contributed by atoms with Crippen LogP contribution in [0.15, 0.2) is 4.52 Å². The van der Waals surface area contributed by atoms with Gasteiger partial charge in [0.15, 0.2) is 5.69 Å². The van der Waals surface area contributed by atoms with E-state index in [-0.39, 0.29) is 24.3 Å². The van der Waals surface area contributed by atoms with Crippen molar-refractivity contribution in [1.29, 1.82) is 0 Å². The second-order valence-electron chi connectivity index (χ2n) is 9.06. The number of ether oxygens (including phenoxy) is 1. The van der Waals surface area contributed by atoms with Gasteiger partial charge in [-0.3, -0.25) is 14.5 Å². The van der Waals surface area contributed by atoms with Crippen molar-refractivity contribution in [2.24, 2.45) is 11.3 Å². The smallest absolute Gasteiger partial charge is 0.276 e. The molecule has 160 valence electrons. The van der Waals surface area contributed by atoms with Crippen LogP contribution in [-0.4, -0.2) is 84.1 Å². The molecule has 2 atom stereocenters. The van der Waals surface area contributed by atoms with Crippen LogP contribution in [0.2, 0.25) is 0 Å². The van der Waals surface area contributed by atoms with Gasteiger partial charge in [-0.05, 0) is 33.6 Å². The van der Waals surface area contributed by atoms with Gasteiger partial charge in [-0.2, -0.15) is 0 Å². The maximum Gasteiger partial charge on any atom is 0.276 e. The van der Waals surface area contributed by atoms with Gasteiger partial charge in [-0.1, -0.05) is 5.16 Å². The fourth-order valence-corrected chi connectivity index (χ4v) is 5.21. The van der Waals surface area contributed by atoms with Crippen molar-refractivity contribution in [3.05, 3.63) is 17.0 Å². The summed E-state index contributed by atoms with van der Waals surface area (Å²) in [6.45, 7) is 10.7. The number of fused-ring (bicyclic) bond motifs is 1. The molecule has 0 unspecified atom stereocenters. The van der Waals surface area contributed by atoms with Crippen LogP contribution in [0.4, 0.5) is 0 Å². The first-order valence-electron chi connectivity index (χ1n) is 10.6. The van der Waals surface area contributed by atoms with E-state index in [0.717, 1.165) is 39.0 Å². The van der Waals surface area contributed by atoms with E-state index in [1.807, 2.05) is 9.80 Å². The lowest BCUT2D eigenvalue weighted by atomic mass is 9.79. The predicted octanol–water partition coefficient (Wildman–Crippen LogP) is 1.53. The molecule has 29 heavy (non-hydrogen) atoms. The number of hydrogen-bond donors (Lipinski definition) is 0. The van der Waals surface area contributed by atoms with Crippen LogP contribution >= 0.6 is 0 Å². The standard InChI is InChI=1S/C21H32N4O4/c1-14(2)24-9-16-10-25(19(26)18-17(11-28-4)15(3)29-22-18)13-21(16,12-24)20(27)23-7-5-6-8-23/h14,16H,5-13H2,1-4H3/t16-,21-/m0/s1. The van der Waals surface area contributed by atoms with E-state index in [1.165, 1.54) is 0 Å². The highest BCUT2D eigenvalue weighted by Gasteiger charge is 2.59. The highest BCUT2D eigenvalue weighted by Crippen LogP contribution is 2.45. The van der Waals surface area contributed by atoms with Crippen LogP contribution < -0.4 is 0 Å². The summed E-state index contributed by atoms with van der Waals surface area (Å²) in [6.07, 6.45) is 2.14. The second-order valence-corrected chi connectivity index (χ2v) is 9.06. The quantitative estimate of drug-likeness (QED) is 0.741. The Bertz CT molecular complexity index is 786. The molecule has 4 heterocycles. The molecule has 0 bridgehead atoms. The van der Waals surface area contributed by atoms with E-state index in [4.69, 9.17) is 9.26 Å². The summed E-state index contributed by atoms with van der Waals surface area (Å²) in [7, 11) is 1.59. The zero-order chi connectivity index (χ0) is 20.8. The molecule has 2 amide bonds. The van der Waals surface area contributed by atoms with Gasteiger partial charge in [0.05, 0.1) is 17.6 Å². The van der Waals surface area contributed by atoms with E-state index in [0.29, 0.717) is 36.1 Å². The Morgan fingerprint density at radius 1 is 1.21 bits per heavy atom. The largest absolute Gasteiger partial charge is 0.380 e. The fourth-order valence-electron chi connectivity index (χ4n) is 5.21. The van der Waals surface area contributed by atoms with Crippen molar-refractivity contribution in [2.75, 3.05) is 46.4 Å². The molecule has 8 heteroatoms. The number of amides is 2. The third-order valence-corrected chi connectivity index (χ3v) is 6.95. The molecule has 1 aromatic heterocycles. The Kier molecular flexibility index (Phi) is 5.42. The van der Waals surface area contributed by atoms with Crippen molar-refractivity contribution < 1.29 is 18.8 Å². The molecule has 0 N–H and O–H groups in total. The fraction of sp³-hybridized carbons (Fsp3) is 0.762. The van der Waals surface area contributed by atoms with E-state index in [9.17, 15) is 9.59 Å². The van der Waals surface area contributed by atoms with Gasteiger partial charge in [0.25, 0.3) is 5.91 Å². The average molecular weight is 405 g/mol. The minimum atomic E-state index is -0.509. The van der Waals surface area contributed by atoms with Crippen LogP contribution in [0.5, 0.6) is 0 Å². The van der Waals surface area contributed by atoms with Gasteiger partial charge in [-0.25, -0.2) is 0 Å². The summed E-state index contributed by atoms with van der Waals surface area (Å²) >= 11 is 0. The molecule has 0 aliphatic carbocycles. The van der Waals surface area contributed by atoms with Crippen molar-refractivity contribution in [1.82, 2.24) is 19.9 Å². The molecule has 8 nitrogen and oxygen atoms in total. The summed E-state index contributed by atoms with van der Waals surface area (Å²) in [5.74, 6) is 0.823. The number of aromatic nitrogens is 1. The molecule has 3 aliphatic rings. The molecule has 3 saturated heterocycles. The first kappa shape index (κ1) is 20.3. The van der Waals surface area contributed by atoms with Crippen molar-refractivity contribution in [2.45, 2.75) is 46.3 Å². The summed E-state index contributed by atoms with van der Waals surface area (Å²) in [4.78, 5) is 33.1. The lowest BCUT2D eigenvalue weighted by Crippen LogP contribution is -2.49. The minimum absolute atomic E-state index is 0.154. The topological polar surface area (TPSA) is 79.1 Å². The van der Waals surface area contributed by atoms with Crippen molar-refractivity contribution in [3.8, 4) is 0 Å². The molecule has 0 radical (unpaired) electrons. The number of hydrogen-bond acceptors (Lipinski definition) is 6. The van der Waals surface area contributed by atoms with E-state index in [1.54, 1.807) is 14.0 Å². The highest BCUT2D eigenvalue weighted by atomic mass is 16.5. The third-order valence-electron chi connectivity index (χ3n) is 6.95. The summed E-state index contributed by atoms with van der Waals surface area (Å²) in [6, 6.07) is 0.388. The SMILES string of the molecule is COCc1c(C(=O)N2C[C@@H]3CN(C(C)C)C[C@]3(C(=O)N3CCCC3)C2)noc1C. The maximum atomic E-state index is 13.6. The average Bonchev–Trinajstić information content (AvgIpc) is 3.44. The number of rotatable bonds is 5. The Morgan fingerprint density at radius 3 is 2.59 bits per heavy atom. The predicted molar refractivity (Wildman–Crippen MR) is 106 cm³/mol. The van der Waals surface area contributed by atoms with Crippen LogP contribution in [0.25, 0.3) is 0 Å². The highest BCUT2D eigenvalue weighted by molar-refractivity contribution is 5.95. The third kappa shape index (κ3) is 3.36. The number of nitrogens with zero attached hydrogens (tertiary/aromatic N) is 4. The maximum absolute atomic E-state index is 13.6. The number of carbonyl (C=O) groups excluding carboxylic acids is 2. The van der Waals surface area contributed by atoms with Crippen LogP contribution in [0, 0.1) is 18.3 Å². The van der Waals surface area contributed by atoms with Crippen LogP contribution in [0.1, 0.15) is 48.5 Å². The van der Waals surface area contributed by atoms with Gasteiger partial charge >= 0.3 is 0 Å². The van der Waals surface area contributed by atoms with Crippen molar-refractivity contribution in [3.63, 3.8) is 0 Å². The van der Waals surface area contributed by atoms with Gasteiger partial charge in [0.1, 0.15) is 5.76 Å². The summed E-state index contributed by atoms with van der Waals surface area (Å²) in [5.41, 5.74) is 0.497. The van der Waals surface area contributed by atoms with E-state index in [2.05, 4.69) is 23.9 Å². The Labute approximate surface area is 172 Å². The van der Waals surface area contributed by atoms with Crippen LogP contribution in [-0.2, 0) is 16.1 Å². The van der Waals surface area contributed by atoms with Crippen LogP contribution in [0.3, 0.4) is 0 Å². The molecule has 0 aromatic carbocycles. The Hall–Kier alpha value is -1.93. The molecule has 3 aliphatic heterocycles. The number of aryl methyl sites for hydroxylation is 1. The Morgan fingerprint density at radius 2 is 1.93 bits per heavy atom. The molecule has 3 fully saturated rings. The molecule has 0 spiro atoms. The lowest BCUT2D eigenvalue weighted by Gasteiger charge is -2.33. The summed E-state index contributed by atoms with van der Waals surface area (Å²) < 4.78 is 10.5. The first-order valence-corrected chi connectivity index (χ1v) is 10.6. The second kappa shape index (κ2) is 7.72. The van der Waals surface area contributed by atoms with E-state index >= 15 is 0 Å². The normalized spacial score (nSPS) is 27.3. The first-order chi connectivity index (χ1) is 13.9. The zero-order valence-corrected chi connectivity index (χ0v) is 17.9. The van der Waals surface area contributed by atoms with Gasteiger partial charge in [0, 0.05) is 58.3 Å². The van der Waals surface area contributed by atoms with Gasteiger partial charge in [-0.15, -0.1) is 0 Å².